The molecule has 1 N–H and O–H groups in total. The summed E-state index contributed by atoms with van der Waals surface area (Å²) < 4.78 is 5.70. The zero-order valence-electron chi connectivity index (χ0n) is 13.7. The van der Waals surface area contributed by atoms with Crippen molar-refractivity contribution in [3.8, 4) is 0 Å². The molecule has 1 atom stereocenters. The Balaban J connectivity index is 1.79. The Morgan fingerprint density at radius 3 is 2.73 bits per heavy atom. The van der Waals surface area contributed by atoms with E-state index in [9.17, 15) is 0 Å². The van der Waals surface area contributed by atoms with Crippen molar-refractivity contribution in [1.82, 2.24) is 14.9 Å². The van der Waals surface area contributed by atoms with Crippen molar-refractivity contribution in [3.05, 3.63) is 53.6 Å². The summed E-state index contributed by atoms with van der Waals surface area (Å²) in [5.41, 5.74) is 2.59. The van der Waals surface area contributed by atoms with E-state index >= 15 is 0 Å². The Hall–Kier alpha value is -1.65. The molecule has 118 valence electrons. The predicted molar refractivity (Wildman–Crippen MR) is 87.7 cm³/mol. The number of rotatable bonds is 3. The van der Waals surface area contributed by atoms with Crippen molar-refractivity contribution in [2.24, 2.45) is 0 Å². The third-order valence-electron chi connectivity index (χ3n) is 4.19. The van der Waals surface area contributed by atoms with E-state index < -0.39 is 0 Å². The standard InChI is InChI=1S/C18H25N3O/c1-18(2,3)16-11-19-17(20-16)15-13-22-10-9-21(15)12-14-7-5-4-6-8-14/h4-8,11,15H,9-10,12-13H2,1-3H3,(H,19,20)/t15-/m0/s1. The number of benzene rings is 1. The number of hydrogen-bond acceptors (Lipinski definition) is 3. The van der Waals surface area contributed by atoms with Crippen LogP contribution >= 0.6 is 0 Å². The number of nitrogens with zero attached hydrogens (tertiary/aromatic N) is 2. The van der Waals surface area contributed by atoms with Gasteiger partial charge in [-0.25, -0.2) is 4.98 Å². The average molecular weight is 299 g/mol. The van der Waals surface area contributed by atoms with Crippen LogP contribution < -0.4 is 0 Å². The van der Waals surface area contributed by atoms with Crippen molar-refractivity contribution >= 4 is 0 Å². The fraction of sp³-hybridized carbons (Fsp3) is 0.500. The van der Waals surface area contributed by atoms with E-state index in [0.29, 0.717) is 6.61 Å². The first kappa shape index (κ1) is 15.3. The van der Waals surface area contributed by atoms with E-state index in [1.54, 1.807) is 0 Å². The second-order valence-corrected chi connectivity index (χ2v) is 6.98. The lowest BCUT2D eigenvalue weighted by Gasteiger charge is -2.34. The van der Waals surface area contributed by atoms with Gasteiger partial charge in [0.2, 0.25) is 0 Å². The van der Waals surface area contributed by atoms with Crippen molar-refractivity contribution in [2.45, 2.75) is 38.8 Å². The minimum atomic E-state index is 0.0883. The monoisotopic (exact) mass is 299 g/mol. The molecule has 1 aromatic heterocycles. The Labute approximate surface area is 132 Å². The summed E-state index contributed by atoms with van der Waals surface area (Å²) >= 11 is 0. The van der Waals surface area contributed by atoms with Crippen LogP contribution in [-0.4, -0.2) is 34.6 Å². The largest absolute Gasteiger partial charge is 0.378 e. The number of imidazole rings is 1. The summed E-state index contributed by atoms with van der Waals surface area (Å²) in [7, 11) is 0. The fourth-order valence-electron chi connectivity index (χ4n) is 2.78. The van der Waals surface area contributed by atoms with Gasteiger partial charge in [-0.3, -0.25) is 4.90 Å². The van der Waals surface area contributed by atoms with E-state index in [2.05, 4.69) is 66.0 Å². The van der Waals surface area contributed by atoms with E-state index in [-0.39, 0.29) is 11.5 Å². The fourth-order valence-corrected chi connectivity index (χ4v) is 2.78. The summed E-state index contributed by atoms with van der Waals surface area (Å²) in [6.07, 6.45) is 1.96. The molecule has 0 bridgehead atoms. The predicted octanol–water partition coefficient (Wildman–Crippen LogP) is 3.28. The average Bonchev–Trinajstić information content (AvgIpc) is 2.99. The van der Waals surface area contributed by atoms with Gasteiger partial charge in [0.05, 0.1) is 19.3 Å². The first-order valence-corrected chi connectivity index (χ1v) is 7.95. The van der Waals surface area contributed by atoms with Crippen molar-refractivity contribution in [1.29, 1.82) is 0 Å². The molecule has 4 nitrogen and oxygen atoms in total. The number of aromatic nitrogens is 2. The summed E-state index contributed by atoms with van der Waals surface area (Å²) in [6.45, 7) is 9.95. The number of hydrogen-bond donors (Lipinski definition) is 1. The molecule has 4 heteroatoms. The minimum absolute atomic E-state index is 0.0883. The maximum atomic E-state index is 5.70. The molecular weight excluding hydrogens is 274 g/mol. The Morgan fingerprint density at radius 1 is 1.27 bits per heavy atom. The number of morpholine rings is 1. The maximum Gasteiger partial charge on any atom is 0.126 e. The molecule has 1 fully saturated rings. The highest BCUT2D eigenvalue weighted by molar-refractivity contribution is 5.17. The maximum absolute atomic E-state index is 5.70. The molecule has 22 heavy (non-hydrogen) atoms. The van der Waals surface area contributed by atoms with Crippen LogP contribution in [0.3, 0.4) is 0 Å². The second kappa shape index (κ2) is 6.23. The second-order valence-electron chi connectivity index (χ2n) is 6.98. The van der Waals surface area contributed by atoms with Crippen LogP contribution in [0.4, 0.5) is 0 Å². The highest BCUT2D eigenvalue weighted by Gasteiger charge is 2.28. The van der Waals surface area contributed by atoms with Crippen LogP contribution in [0.5, 0.6) is 0 Å². The van der Waals surface area contributed by atoms with Crippen LogP contribution in [0, 0.1) is 0 Å². The number of nitrogens with one attached hydrogen (secondary N) is 1. The molecule has 2 heterocycles. The molecule has 0 amide bonds. The molecule has 0 radical (unpaired) electrons. The quantitative estimate of drug-likeness (QED) is 0.945. The molecule has 0 aliphatic carbocycles. The smallest absolute Gasteiger partial charge is 0.126 e. The summed E-state index contributed by atoms with van der Waals surface area (Å²) in [6, 6.07) is 10.8. The lowest BCUT2D eigenvalue weighted by Crippen LogP contribution is -2.39. The zero-order chi connectivity index (χ0) is 15.6. The third-order valence-corrected chi connectivity index (χ3v) is 4.19. The van der Waals surface area contributed by atoms with Gasteiger partial charge in [-0.05, 0) is 5.56 Å². The van der Waals surface area contributed by atoms with Crippen molar-refractivity contribution in [2.75, 3.05) is 19.8 Å². The van der Waals surface area contributed by atoms with Crippen LogP contribution in [0.25, 0.3) is 0 Å². The highest BCUT2D eigenvalue weighted by Crippen LogP contribution is 2.27. The molecule has 1 aliphatic rings. The number of aromatic amines is 1. The van der Waals surface area contributed by atoms with Gasteiger partial charge in [0.25, 0.3) is 0 Å². The lowest BCUT2D eigenvalue weighted by molar-refractivity contribution is -0.0157. The molecule has 1 aromatic carbocycles. The molecule has 1 saturated heterocycles. The van der Waals surface area contributed by atoms with Gasteiger partial charge in [0.15, 0.2) is 0 Å². The van der Waals surface area contributed by atoms with Crippen LogP contribution in [0.2, 0.25) is 0 Å². The lowest BCUT2D eigenvalue weighted by atomic mass is 9.93. The Bertz CT molecular complexity index is 600. The van der Waals surface area contributed by atoms with Crippen LogP contribution in [0.15, 0.2) is 36.5 Å². The van der Waals surface area contributed by atoms with E-state index in [4.69, 9.17) is 4.74 Å². The van der Waals surface area contributed by atoms with Crippen molar-refractivity contribution in [3.63, 3.8) is 0 Å². The number of ether oxygens (including phenoxy) is 1. The van der Waals surface area contributed by atoms with Gasteiger partial charge >= 0.3 is 0 Å². The van der Waals surface area contributed by atoms with Gasteiger partial charge in [0.1, 0.15) is 5.82 Å². The van der Waals surface area contributed by atoms with Gasteiger partial charge in [-0.15, -0.1) is 0 Å². The highest BCUT2D eigenvalue weighted by atomic mass is 16.5. The van der Waals surface area contributed by atoms with Gasteiger partial charge in [-0.2, -0.15) is 0 Å². The van der Waals surface area contributed by atoms with E-state index in [1.807, 2.05) is 6.20 Å². The molecule has 0 spiro atoms. The van der Waals surface area contributed by atoms with Crippen LogP contribution in [0.1, 0.15) is 43.9 Å². The summed E-state index contributed by atoms with van der Waals surface area (Å²) in [4.78, 5) is 10.6. The van der Waals surface area contributed by atoms with Gasteiger partial charge in [0, 0.05) is 30.4 Å². The van der Waals surface area contributed by atoms with Crippen LogP contribution in [-0.2, 0) is 16.7 Å². The molecule has 2 aromatic rings. The topological polar surface area (TPSA) is 41.1 Å². The first-order chi connectivity index (χ1) is 10.5. The summed E-state index contributed by atoms with van der Waals surface area (Å²) in [5.74, 6) is 1.01. The molecule has 0 unspecified atom stereocenters. The third kappa shape index (κ3) is 3.39. The Kier molecular flexibility index (Phi) is 4.32. The van der Waals surface area contributed by atoms with Gasteiger partial charge < -0.3 is 9.72 Å². The van der Waals surface area contributed by atoms with Crippen molar-refractivity contribution < 1.29 is 4.74 Å². The zero-order valence-corrected chi connectivity index (χ0v) is 13.7. The molecular formula is C18H25N3O. The first-order valence-electron chi connectivity index (χ1n) is 7.95. The van der Waals surface area contributed by atoms with Gasteiger partial charge in [-0.1, -0.05) is 51.1 Å². The number of H-pyrrole nitrogens is 1. The normalized spacial score (nSPS) is 20.2. The van der Waals surface area contributed by atoms with E-state index in [0.717, 1.165) is 25.5 Å². The SMILES string of the molecule is CC(C)(C)c1cnc([C@@H]2COCCN2Cc2ccccc2)[nH]1. The summed E-state index contributed by atoms with van der Waals surface area (Å²) in [5, 5.41) is 0. The molecule has 1 aliphatic heterocycles. The Morgan fingerprint density at radius 2 is 2.05 bits per heavy atom. The molecule has 3 rings (SSSR count). The molecule has 0 saturated carbocycles. The minimum Gasteiger partial charge on any atom is -0.378 e. The van der Waals surface area contributed by atoms with E-state index in [1.165, 1.54) is 11.3 Å².